The van der Waals surface area contributed by atoms with E-state index in [4.69, 9.17) is 14.7 Å². The van der Waals surface area contributed by atoms with Crippen LogP contribution >= 0.6 is 0 Å². The van der Waals surface area contributed by atoms with Gasteiger partial charge in [-0.1, -0.05) is 12.1 Å². The van der Waals surface area contributed by atoms with Gasteiger partial charge >= 0.3 is 0 Å². The maximum Gasteiger partial charge on any atom is 0.258 e. The van der Waals surface area contributed by atoms with Crippen molar-refractivity contribution in [3.8, 4) is 17.6 Å². The van der Waals surface area contributed by atoms with E-state index in [1.54, 1.807) is 42.5 Å². The molecule has 2 aromatic rings. The Morgan fingerprint density at radius 3 is 2.61 bits per heavy atom. The van der Waals surface area contributed by atoms with Gasteiger partial charge in [0.15, 0.2) is 18.1 Å². The first kappa shape index (κ1) is 21.1. The van der Waals surface area contributed by atoms with Crippen LogP contribution in [0.15, 0.2) is 42.5 Å². The van der Waals surface area contributed by atoms with Crippen molar-refractivity contribution in [1.82, 2.24) is 5.32 Å². The van der Waals surface area contributed by atoms with Gasteiger partial charge in [0.1, 0.15) is 0 Å². The number of nitriles is 1. The van der Waals surface area contributed by atoms with Crippen LogP contribution in [0.1, 0.15) is 18.1 Å². The topological polar surface area (TPSA) is 118 Å². The van der Waals surface area contributed by atoms with Crippen LogP contribution in [0.25, 0.3) is 0 Å². The minimum Gasteiger partial charge on any atom is -0.490 e. The van der Waals surface area contributed by atoms with Crippen molar-refractivity contribution in [2.45, 2.75) is 13.5 Å². The monoisotopic (exact) mass is 403 g/mol. The highest BCUT2D eigenvalue weighted by Gasteiger charge is 2.10. The van der Waals surface area contributed by atoms with Crippen molar-refractivity contribution < 1.29 is 22.7 Å². The highest BCUT2D eigenvalue weighted by atomic mass is 32.2. The Morgan fingerprint density at radius 1 is 1.14 bits per heavy atom. The van der Waals surface area contributed by atoms with Crippen molar-refractivity contribution in [2.24, 2.45) is 0 Å². The maximum atomic E-state index is 12.1. The minimum absolute atomic E-state index is 0.215. The molecule has 0 saturated heterocycles. The van der Waals surface area contributed by atoms with Gasteiger partial charge < -0.3 is 14.8 Å². The molecule has 0 bridgehead atoms. The fourth-order valence-electron chi connectivity index (χ4n) is 2.32. The average Bonchev–Trinajstić information content (AvgIpc) is 2.64. The Balaban J connectivity index is 1.92. The zero-order chi connectivity index (χ0) is 20.6. The molecule has 0 atom stereocenters. The molecule has 0 unspecified atom stereocenters. The summed E-state index contributed by atoms with van der Waals surface area (Å²) in [4.78, 5) is 12.1. The molecule has 0 aliphatic carbocycles. The second-order valence-corrected chi connectivity index (χ2v) is 7.59. The number of benzene rings is 2. The molecule has 0 aliphatic heterocycles. The van der Waals surface area contributed by atoms with Crippen LogP contribution in [0.3, 0.4) is 0 Å². The third-order valence-electron chi connectivity index (χ3n) is 3.45. The number of nitrogens with zero attached hydrogens (tertiary/aromatic N) is 1. The highest BCUT2D eigenvalue weighted by Crippen LogP contribution is 2.28. The van der Waals surface area contributed by atoms with Gasteiger partial charge in [0.2, 0.25) is 10.0 Å². The number of anilines is 1. The number of hydrogen-bond acceptors (Lipinski definition) is 6. The smallest absolute Gasteiger partial charge is 0.258 e. The molecule has 0 heterocycles. The molecule has 8 nitrogen and oxygen atoms in total. The predicted molar refractivity (Wildman–Crippen MR) is 105 cm³/mol. The van der Waals surface area contributed by atoms with Gasteiger partial charge in [-0.3, -0.25) is 9.52 Å². The van der Waals surface area contributed by atoms with E-state index < -0.39 is 10.0 Å². The summed E-state index contributed by atoms with van der Waals surface area (Å²) in [6, 6.07) is 13.4. The van der Waals surface area contributed by atoms with E-state index in [1.807, 2.05) is 13.0 Å². The Kier molecular flexibility index (Phi) is 7.23. The van der Waals surface area contributed by atoms with Gasteiger partial charge in [0, 0.05) is 18.3 Å². The van der Waals surface area contributed by atoms with Gasteiger partial charge in [-0.25, -0.2) is 8.42 Å². The molecule has 0 saturated carbocycles. The molecular weight excluding hydrogens is 382 g/mol. The Bertz CT molecular complexity index is 983. The molecule has 28 heavy (non-hydrogen) atoms. The molecule has 0 fully saturated rings. The van der Waals surface area contributed by atoms with Gasteiger partial charge in [0.05, 0.1) is 24.5 Å². The SMILES string of the molecule is CCOc1cc(C#N)ccc1OCC(=O)NCc1cccc(NS(C)(=O)=O)c1. The van der Waals surface area contributed by atoms with E-state index in [1.165, 1.54) is 0 Å². The highest BCUT2D eigenvalue weighted by molar-refractivity contribution is 7.92. The Labute approximate surface area is 164 Å². The number of carbonyl (C=O) groups excluding carboxylic acids is 1. The molecule has 0 radical (unpaired) electrons. The lowest BCUT2D eigenvalue weighted by atomic mass is 10.2. The average molecular weight is 403 g/mol. The number of rotatable bonds is 9. The molecule has 9 heteroatoms. The quantitative estimate of drug-likeness (QED) is 0.661. The summed E-state index contributed by atoms with van der Waals surface area (Å²) in [5.41, 5.74) is 1.59. The van der Waals surface area contributed by atoms with Crippen molar-refractivity contribution >= 4 is 21.6 Å². The molecule has 0 aliphatic rings. The van der Waals surface area contributed by atoms with Crippen molar-refractivity contribution in [3.63, 3.8) is 0 Å². The first-order valence-corrected chi connectivity index (χ1v) is 10.3. The molecular formula is C19H21N3O5S. The first-order chi connectivity index (χ1) is 13.3. The minimum atomic E-state index is -3.37. The summed E-state index contributed by atoms with van der Waals surface area (Å²) < 4.78 is 35.9. The lowest BCUT2D eigenvalue weighted by Gasteiger charge is -2.12. The number of carbonyl (C=O) groups is 1. The van der Waals surface area contributed by atoms with Crippen molar-refractivity contribution in [2.75, 3.05) is 24.2 Å². The van der Waals surface area contributed by atoms with Gasteiger partial charge in [-0.2, -0.15) is 5.26 Å². The summed E-state index contributed by atoms with van der Waals surface area (Å²) in [5, 5.41) is 11.6. The molecule has 2 rings (SSSR count). The Hall–Kier alpha value is -3.25. The van der Waals surface area contributed by atoms with E-state index in [9.17, 15) is 13.2 Å². The molecule has 2 N–H and O–H groups in total. The lowest BCUT2D eigenvalue weighted by molar-refractivity contribution is -0.123. The zero-order valence-corrected chi connectivity index (χ0v) is 16.4. The first-order valence-electron chi connectivity index (χ1n) is 8.44. The second-order valence-electron chi connectivity index (χ2n) is 5.85. The number of sulfonamides is 1. The molecule has 2 aromatic carbocycles. The summed E-state index contributed by atoms with van der Waals surface area (Å²) >= 11 is 0. The normalized spacial score (nSPS) is 10.6. The number of amides is 1. The van der Waals surface area contributed by atoms with Gasteiger partial charge in [-0.15, -0.1) is 0 Å². The lowest BCUT2D eigenvalue weighted by Crippen LogP contribution is -2.28. The van der Waals surface area contributed by atoms with E-state index in [0.29, 0.717) is 29.4 Å². The van der Waals surface area contributed by atoms with Crippen LogP contribution in [0.2, 0.25) is 0 Å². The number of nitrogens with one attached hydrogen (secondary N) is 2. The standard InChI is InChI=1S/C19H21N3O5S/c1-3-26-18-10-14(11-20)7-8-17(18)27-13-19(23)21-12-15-5-4-6-16(9-15)22-28(2,24)25/h4-10,22H,3,12-13H2,1-2H3,(H,21,23). The van der Waals surface area contributed by atoms with E-state index >= 15 is 0 Å². The number of ether oxygens (including phenoxy) is 2. The van der Waals surface area contributed by atoms with Crippen LogP contribution in [0, 0.1) is 11.3 Å². The van der Waals surface area contributed by atoms with Crippen LogP contribution in [-0.2, 0) is 21.4 Å². The van der Waals surface area contributed by atoms with E-state index in [-0.39, 0.29) is 19.1 Å². The Morgan fingerprint density at radius 2 is 1.93 bits per heavy atom. The summed E-state index contributed by atoms with van der Waals surface area (Å²) in [6.45, 7) is 2.19. The fourth-order valence-corrected chi connectivity index (χ4v) is 2.87. The fraction of sp³-hybridized carbons (Fsp3) is 0.263. The maximum absolute atomic E-state index is 12.1. The zero-order valence-electron chi connectivity index (χ0n) is 15.6. The molecule has 148 valence electrons. The van der Waals surface area contributed by atoms with Crippen LogP contribution in [-0.4, -0.2) is 33.8 Å². The molecule has 0 aromatic heterocycles. The predicted octanol–water partition coefficient (Wildman–Crippen LogP) is 2.02. The third-order valence-corrected chi connectivity index (χ3v) is 4.06. The number of hydrogen-bond donors (Lipinski definition) is 2. The largest absolute Gasteiger partial charge is 0.490 e. The third kappa shape index (κ3) is 6.81. The van der Waals surface area contributed by atoms with Gasteiger partial charge in [0.25, 0.3) is 5.91 Å². The van der Waals surface area contributed by atoms with Crippen LogP contribution < -0.4 is 19.5 Å². The van der Waals surface area contributed by atoms with Crippen molar-refractivity contribution in [3.05, 3.63) is 53.6 Å². The van der Waals surface area contributed by atoms with Crippen molar-refractivity contribution in [1.29, 1.82) is 5.26 Å². The van der Waals surface area contributed by atoms with Crippen LogP contribution in [0.5, 0.6) is 11.5 Å². The molecule has 1 amide bonds. The summed E-state index contributed by atoms with van der Waals surface area (Å²) in [5.74, 6) is 0.414. The van der Waals surface area contributed by atoms with Crippen LogP contribution in [0.4, 0.5) is 5.69 Å². The van der Waals surface area contributed by atoms with Gasteiger partial charge in [-0.05, 0) is 36.8 Å². The second kappa shape index (κ2) is 9.62. The summed E-state index contributed by atoms with van der Waals surface area (Å²) in [7, 11) is -3.37. The van der Waals surface area contributed by atoms with E-state index in [2.05, 4.69) is 10.0 Å². The molecule has 0 spiro atoms. The van der Waals surface area contributed by atoms with E-state index in [0.717, 1.165) is 11.8 Å². The summed E-state index contributed by atoms with van der Waals surface area (Å²) in [6.07, 6.45) is 1.07.